The second kappa shape index (κ2) is 4.65. The average Bonchev–Trinajstić information content (AvgIpc) is 2.43. The van der Waals surface area contributed by atoms with Crippen molar-refractivity contribution in [3.05, 3.63) is 48.0 Å². The van der Waals surface area contributed by atoms with Crippen molar-refractivity contribution in [1.82, 2.24) is 5.48 Å². The molecule has 1 heterocycles. The minimum atomic E-state index is -0.0701. The van der Waals surface area contributed by atoms with Crippen molar-refractivity contribution in [2.24, 2.45) is 0 Å². The Labute approximate surface area is 110 Å². The zero-order chi connectivity index (χ0) is 12.5. The van der Waals surface area contributed by atoms with E-state index >= 15 is 0 Å². The summed E-state index contributed by atoms with van der Waals surface area (Å²) >= 11 is 1.77. The number of hydroxylamine groups is 1. The molecule has 0 saturated carbocycles. The van der Waals surface area contributed by atoms with E-state index in [4.69, 9.17) is 5.21 Å². The van der Waals surface area contributed by atoms with Gasteiger partial charge in [0, 0.05) is 9.79 Å². The van der Waals surface area contributed by atoms with Crippen molar-refractivity contribution in [2.45, 2.75) is 22.8 Å². The highest BCUT2D eigenvalue weighted by Gasteiger charge is 2.16. The molecule has 0 bridgehead atoms. The van der Waals surface area contributed by atoms with Crippen molar-refractivity contribution in [3.8, 4) is 0 Å². The van der Waals surface area contributed by atoms with Gasteiger partial charge in [0.15, 0.2) is 0 Å². The summed E-state index contributed by atoms with van der Waals surface area (Å²) in [6.07, 6.45) is 0. The molecule has 2 aromatic rings. The molecule has 0 amide bonds. The number of hydrogen-bond donors (Lipinski definition) is 3. The van der Waals surface area contributed by atoms with Crippen LogP contribution in [0.3, 0.4) is 0 Å². The average molecular weight is 258 g/mol. The molecule has 0 spiro atoms. The fourth-order valence-electron chi connectivity index (χ4n) is 2.00. The van der Waals surface area contributed by atoms with E-state index in [1.165, 1.54) is 9.79 Å². The summed E-state index contributed by atoms with van der Waals surface area (Å²) < 4.78 is 0. The molecule has 1 aliphatic heterocycles. The first-order chi connectivity index (χ1) is 8.78. The topological polar surface area (TPSA) is 44.3 Å². The SMILES string of the molecule is CC(NO)c1ccc2c(c1)Nc1ccccc1S2. The molecule has 0 saturated heterocycles. The van der Waals surface area contributed by atoms with Crippen molar-refractivity contribution in [2.75, 3.05) is 5.32 Å². The molecule has 1 atom stereocenters. The number of anilines is 2. The summed E-state index contributed by atoms with van der Waals surface area (Å²) in [6, 6.07) is 14.4. The van der Waals surface area contributed by atoms with E-state index in [0.29, 0.717) is 0 Å². The van der Waals surface area contributed by atoms with Crippen LogP contribution in [0, 0.1) is 0 Å². The highest BCUT2D eigenvalue weighted by atomic mass is 32.2. The molecule has 0 fully saturated rings. The van der Waals surface area contributed by atoms with Crippen molar-refractivity contribution >= 4 is 23.1 Å². The van der Waals surface area contributed by atoms with Gasteiger partial charge in [-0.2, -0.15) is 5.48 Å². The molecule has 0 aromatic heterocycles. The second-order valence-electron chi connectivity index (χ2n) is 4.33. The van der Waals surface area contributed by atoms with Gasteiger partial charge in [-0.15, -0.1) is 0 Å². The Kier molecular flexibility index (Phi) is 2.99. The molecule has 1 unspecified atom stereocenters. The minimum absolute atomic E-state index is 0.0701. The van der Waals surface area contributed by atoms with Crippen LogP contribution in [0.1, 0.15) is 18.5 Å². The predicted molar refractivity (Wildman–Crippen MR) is 73.6 cm³/mol. The number of fused-ring (bicyclic) bond motifs is 2. The van der Waals surface area contributed by atoms with Gasteiger partial charge in [0.2, 0.25) is 0 Å². The molecule has 0 aliphatic carbocycles. The lowest BCUT2D eigenvalue weighted by Gasteiger charge is -2.22. The van der Waals surface area contributed by atoms with Gasteiger partial charge in [0.05, 0.1) is 17.4 Å². The Bertz CT molecular complexity index is 586. The highest BCUT2D eigenvalue weighted by molar-refractivity contribution is 7.99. The van der Waals surface area contributed by atoms with E-state index in [2.05, 4.69) is 35.1 Å². The summed E-state index contributed by atoms with van der Waals surface area (Å²) in [6.45, 7) is 1.92. The summed E-state index contributed by atoms with van der Waals surface area (Å²) in [5, 5.41) is 12.4. The van der Waals surface area contributed by atoms with Gasteiger partial charge in [0.25, 0.3) is 0 Å². The lowest BCUT2D eigenvalue weighted by Crippen LogP contribution is -2.13. The first kappa shape index (κ1) is 11.6. The normalized spacial score (nSPS) is 14.3. The molecule has 18 heavy (non-hydrogen) atoms. The Morgan fingerprint density at radius 3 is 2.72 bits per heavy atom. The largest absolute Gasteiger partial charge is 0.354 e. The Hall–Kier alpha value is -1.49. The summed E-state index contributed by atoms with van der Waals surface area (Å²) in [5.74, 6) is 0. The first-order valence-corrected chi connectivity index (χ1v) is 6.67. The van der Waals surface area contributed by atoms with Crippen LogP contribution in [0.15, 0.2) is 52.3 Å². The van der Waals surface area contributed by atoms with E-state index in [-0.39, 0.29) is 6.04 Å². The molecule has 0 radical (unpaired) electrons. The maximum absolute atomic E-state index is 8.97. The third-order valence-electron chi connectivity index (χ3n) is 3.07. The van der Waals surface area contributed by atoms with Crippen LogP contribution >= 0.6 is 11.8 Å². The number of para-hydroxylation sites is 1. The minimum Gasteiger partial charge on any atom is -0.354 e. The molecule has 4 heteroatoms. The maximum atomic E-state index is 8.97. The van der Waals surface area contributed by atoms with Crippen molar-refractivity contribution < 1.29 is 5.21 Å². The van der Waals surface area contributed by atoms with Gasteiger partial charge < -0.3 is 10.5 Å². The second-order valence-corrected chi connectivity index (χ2v) is 5.41. The zero-order valence-electron chi connectivity index (χ0n) is 9.97. The summed E-state index contributed by atoms with van der Waals surface area (Å²) in [5.41, 5.74) is 5.56. The number of nitrogens with one attached hydrogen (secondary N) is 2. The van der Waals surface area contributed by atoms with Crippen LogP contribution in [0.25, 0.3) is 0 Å². The van der Waals surface area contributed by atoms with Gasteiger partial charge in [-0.25, -0.2) is 0 Å². The van der Waals surface area contributed by atoms with Gasteiger partial charge in [-0.1, -0.05) is 30.0 Å². The van der Waals surface area contributed by atoms with E-state index in [9.17, 15) is 0 Å². The van der Waals surface area contributed by atoms with E-state index in [1.807, 2.05) is 25.1 Å². The predicted octanol–water partition coefficient (Wildman–Crippen LogP) is 3.93. The monoisotopic (exact) mass is 258 g/mol. The summed E-state index contributed by atoms with van der Waals surface area (Å²) in [7, 11) is 0. The molecular weight excluding hydrogens is 244 g/mol. The smallest absolute Gasteiger partial charge is 0.0541 e. The van der Waals surface area contributed by atoms with Crippen molar-refractivity contribution in [1.29, 1.82) is 0 Å². The number of rotatable bonds is 2. The van der Waals surface area contributed by atoms with E-state index < -0.39 is 0 Å². The van der Waals surface area contributed by atoms with Crippen molar-refractivity contribution in [3.63, 3.8) is 0 Å². The lowest BCUT2D eigenvalue weighted by molar-refractivity contribution is 0.133. The highest BCUT2D eigenvalue weighted by Crippen LogP contribution is 2.44. The maximum Gasteiger partial charge on any atom is 0.0541 e. The molecule has 3 rings (SSSR count). The van der Waals surface area contributed by atoms with Crippen LogP contribution in [0.2, 0.25) is 0 Å². The first-order valence-electron chi connectivity index (χ1n) is 5.85. The summed E-state index contributed by atoms with van der Waals surface area (Å²) in [4.78, 5) is 2.45. The molecule has 3 nitrogen and oxygen atoms in total. The van der Waals surface area contributed by atoms with Crippen LogP contribution in [0.5, 0.6) is 0 Å². The Morgan fingerprint density at radius 1 is 1.11 bits per heavy atom. The zero-order valence-corrected chi connectivity index (χ0v) is 10.8. The fraction of sp³-hybridized carbons (Fsp3) is 0.143. The van der Waals surface area contributed by atoms with Crippen LogP contribution in [0.4, 0.5) is 11.4 Å². The third-order valence-corrected chi connectivity index (χ3v) is 4.23. The number of benzene rings is 2. The van der Waals surface area contributed by atoms with Gasteiger partial charge in [0.1, 0.15) is 0 Å². The fourth-order valence-corrected chi connectivity index (χ4v) is 2.97. The molecule has 2 aromatic carbocycles. The quantitative estimate of drug-likeness (QED) is 0.609. The molecule has 3 N–H and O–H groups in total. The van der Waals surface area contributed by atoms with Crippen LogP contribution < -0.4 is 10.8 Å². The molecule has 1 aliphatic rings. The van der Waals surface area contributed by atoms with Gasteiger partial charge in [-0.05, 0) is 36.8 Å². The lowest BCUT2D eigenvalue weighted by atomic mass is 10.1. The molecule has 92 valence electrons. The van der Waals surface area contributed by atoms with Crippen LogP contribution in [-0.2, 0) is 0 Å². The Morgan fingerprint density at radius 2 is 1.89 bits per heavy atom. The van der Waals surface area contributed by atoms with Gasteiger partial charge >= 0.3 is 0 Å². The van der Waals surface area contributed by atoms with Gasteiger partial charge in [-0.3, -0.25) is 0 Å². The van der Waals surface area contributed by atoms with E-state index in [0.717, 1.165) is 16.9 Å². The standard InChI is InChI=1S/C14H14N2OS/c1-9(16-17)10-6-7-14-12(8-10)15-11-4-2-3-5-13(11)18-14/h2-9,15-17H,1H3. The Balaban J connectivity index is 1.98. The number of hydrogen-bond acceptors (Lipinski definition) is 4. The van der Waals surface area contributed by atoms with E-state index in [1.54, 1.807) is 11.8 Å². The molecular formula is C14H14N2OS. The van der Waals surface area contributed by atoms with Crippen LogP contribution in [-0.4, -0.2) is 5.21 Å². The third kappa shape index (κ3) is 1.99.